The minimum atomic E-state index is -0.0111. The van der Waals surface area contributed by atoms with Crippen LogP contribution in [-0.2, 0) is 0 Å². The highest BCUT2D eigenvalue weighted by atomic mass is 35.5. The van der Waals surface area contributed by atoms with Gasteiger partial charge in [-0.25, -0.2) is 0 Å². The molecule has 0 bridgehead atoms. The summed E-state index contributed by atoms with van der Waals surface area (Å²) in [6.45, 7) is 3.71. The zero-order chi connectivity index (χ0) is 11.7. The maximum absolute atomic E-state index is 12.2. The highest BCUT2D eigenvalue weighted by Gasteiger charge is 2.31. The van der Waals surface area contributed by atoms with Crippen molar-refractivity contribution in [3.8, 4) is 0 Å². The first kappa shape index (κ1) is 11.2. The highest BCUT2D eigenvalue weighted by Crippen LogP contribution is 2.29. The molecule has 0 heterocycles. The lowest BCUT2D eigenvalue weighted by Crippen LogP contribution is -2.29. The first-order chi connectivity index (χ1) is 7.65. The third-order valence-corrected chi connectivity index (χ3v) is 3.21. The lowest BCUT2D eigenvalue weighted by Gasteiger charge is -2.18. The molecular formula is C13H14ClNO. The van der Waals surface area contributed by atoms with Crippen LogP contribution in [0, 0.1) is 0 Å². The van der Waals surface area contributed by atoms with Gasteiger partial charge in [-0.15, -0.1) is 0 Å². The molecule has 3 heteroatoms. The average Bonchev–Trinajstić information content (AvgIpc) is 3.10. The molecule has 1 fully saturated rings. The van der Waals surface area contributed by atoms with Gasteiger partial charge in [0.2, 0.25) is 0 Å². The van der Waals surface area contributed by atoms with Crippen molar-refractivity contribution < 1.29 is 4.79 Å². The predicted octanol–water partition coefficient (Wildman–Crippen LogP) is 3.22. The Morgan fingerprint density at radius 1 is 1.56 bits per heavy atom. The van der Waals surface area contributed by atoms with Crippen LogP contribution in [0.15, 0.2) is 24.8 Å². The molecule has 0 aliphatic heterocycles. The molecule has 1 amide bonds. The molecule has 1 aromatic rings. The molecule has 0 spiro atoms. The fraction of sp³-hybridized carbons (Fsp3) is 0.308. The Morgan fingerprint density at radius 2 is 2.25 bits per heavy atom. The number of benzene rings is 1. The van der Waals surface area contributed by atoms with Crippen LogP contribution in [0.4, 0.5) is 0 Å². The molecule has 1 saturated carbocycles. The second-order valence-corrected chi connectivity index (χ2v) is 4.46. The van der Waals surface area contributed by atoms with Gasteiger partial charge in [0.25, 0.3) is 5.91 Å². The maximum atomic E-state index is 12.2. The van der Waals surface area contributed by atoms with E-state index in [1.54, 1.807) is 17.0 Å². The summed E-state index contributed by atoms with van der Waals surface area (Å²) < 4.78 is 0. The number of amides is 1. The number of halogens is 1. The number of hydrogen-bond donors (Lipinski definition) is 0. The quantitative estimate of drug-likeness (QED) is 0.788. The van der Waals surface area contributed by atoms with E-state index in [-0.39, 0.29) is 5.91 Å². The molecule has 0 N–H and O–H groups in total. The van der Waals surface area contributed by atoms with Crippen molar-refractivity contribution in [2.75, 3.05) is 7.05 Å². The average molecular weight is 236 g/mol. The summed E-state index contributed by atoms with van der Waals surface area (Å²) in [5, 5.41) is 0.495. The van der Waals surface area contributed by atoms with Crippen LogP contribution >= 0.6 is 11.6 Å². The Morgan fingerprint density at radius 3 is 2.81 bits per heavy atom. The number of carbonyl (C=O) groups excluding carboxylic acids is 1. The minimum absolute atomic E-state index is 0.0111. The predicted molar refractivity (Wildman–Crippen MR) is 66.7 cm³/mol. The van der Waals surface area contributed by atoms with Crippen LogP contribution in [0.5, 0.6) is 0 Å². The molecule has 2 nitrogen and oxygen atoms in total. The third-order valence-electron chi connectivity index (χ3n) is 2.89. The molecule has 1 aliphatic rings. The van der Waals surface area contributed by atoms with Crippen LogP contribution in [0.1, 0.15) is 28.8 Å². The lowest BCUT2D eigenvalue weighted by molar-refractivity contribution is 0.0785. The van der Waals surface area contributed by atoms with Gasteiger partial charge in [0.1, 0.15) is 0 Å². The van der Waals surface area contributed by atoms with Gasteiger partial charge in [0.15, 0.2) is 0 Å². The van der Waals surface area contributed by atoms with Crippen LogP contribution in [0.3, 0.4) is 0 Å². The smallest absolute Gasteiger partial charge is 0.255 e. The number of carbonyl (C=O) groups is 1. The van der Waals surface area contributed by atoms with Crippen molar-refractivity contribution in [1.29, 1.82) is 0 Å². The number of hydrogen-bond acceptors (Lipinski definition) is 1. The van der Waals surface area contributed by atoms with Gasteiger partial charge in [-0.3, -0.25) is 4.79 Å². The molecule has 1 aliphatic carbocycles. The molecule has 16 heavy (non-hydrogen) atoms. The van der Waals surface area contributed by atoms with Crippen molar-refractivity contribution in [1.82, 2.24) is 4.90 Å². The zero-order valence-electron chi connectivity index (χ0n) is 9.24. The maximum Gasteiger partial charge on any atom is 0.255 e. The van der Waals surface area contributed by atoms with Gasteiger partial charge in [-0.1, -0.05) is 36.4 Å². The third kappa shape index (κ3) is 1.98. The van der Waals surface area contributed by atoms with E-state index >= 15 is 0 Å². The highest BCUT2D eigenvalue weighted by molar-refractivity contribution is 6.34. The van der Waals surface area contributed by atoms with Crippen molar-refractivity contribution in [3.05, 3.63) is 40.9 Å². The van der Waals surface area contributed by atoms with Crippen molar-refractivity contribution in [3.63, 3.8) is 0 Å². The summed E-state index contributed by atoms with van der Waals surface area (Å²) in [5.74, 6) is -0.0111. The number of nitrogens with zero attached hydrogens (tertiary/aromatic N) is 1. The second-order valence-electron chi connectivity index (χ2n) is 4.06. The van der Waals surface area contributed by atoms with E-state index in [0.717, 1.165) is 18.4 Å². The second kappa shape index (κ2) is 4.30. The van der Waals surface area contributed by atoms with E-state index in [2.05, 4.69) is 6.58 Å². The minimum Gasteiger partial charge on any atom is -0.339 e. The summed E-state index contributed by atoms with van der Waals surface area (Å²) >= 11 is 6.08. The molecule has 84 valence electrons. The Labute approximate surface area is 101 Å². The summed E-state index contributed by atoms with van der Waals surface area (Å²) in [6.07, 6.45) is 3.85. The van der Waals surface area contributed by atoms with Crippen molar-refractivity contribution in [2.24, 2.45) is 0 Å². The molecular weight excluding hydrogens is 222 g/mol. The van der Waals surface area contributed by atoms with Gasteiger partial charge < -0.3 is 4.90 Å². The Balaban J connectivity index is 2.37. The van der Waals surface area contributed by atoms with Gasteiger partial charge in [-0.2, -0.15) is 0 Å². The summed E-state index contributed by atoms with van der Waals surface area (Å²) in [5.41, 5.74) is 1.36. The van der Waals surface area contributed by atoms with Gasteiger partial charge in [0.05, 0.1) is 10.6 Å². The van der Waals surface area contributed by atoms with Gasteiger partial charge >= 0.3 is 0 Å². The summed E-state index contributed by atoms with van der Waals surface area (Å²) in [7, 11) is 1.83. The Hall–Kier alpha value is -1.28. The summed E-state index contributed by atoms with van der Waals surface area (Å²) in [6, 6.07) is 5.81. The van der Waals surface area contributed by atoms with E-state index in [1.165, 1.54) is 0 Å². The first-order valence-electron chi connectivity index (χ1n) is 5.33. The standard InChI is InChI=1S/C13H14ClNO/c1-3-9-5-4-6-11(14)12(9)13(16)15(2)10-7-8-10/h3-6,10H,1,7-8H2,2H3. The molecule has 0 atom stereocenters. The Bertz CT molecular complexity index is 438. The first-order valence-corrected chi connectivity index (χ1v) is 5.71. The van der Waals surface area contributed by atoms with Crippen LogP contribution in [0.25, 0.3) is 6.08 Å². The zero-order valence-corrected chi connectivity index (χ0v) is 10.00. The van der Waals surface area contributed by atoms with Crippen LogP contribution in [0.2, 0.25) is 5.02 Å². The molecule has 0 radical (unpaired) electrons. The van der Waals surface area contributed by atoms with Crippen LogP contribution < -0.4 is 0 Å². The summed E-state index contributed by atoms with van der Waals surface area (Å²) in [4.78, 5) is 14.0. The van der Waals surface area contributed by atoms with Gasteiger partial charge in [0, 0.05) is 13.1 Å². The SMILES string of the molecule is C=Cc1cccc(Cl)c1C(=O)N(C)C1CC1. The molecule has 1 aromatic carbocycles. The van der Waals surface area contributed by atoms with E-state index in [4.69, 9.17) is 11.6 Å². The molecule has 0 aromatic heterocycles. The van der Waals surface area contributed by atoms with Crippen molar-refractivity contribution >= 4 is 23.6 Å². The van der Waals surface area contributed by atoms with E-state index in [1.807, 2.05) is 19.2 Å². The lowest BCUT2D eigenvalue weighted by atomic mass is 10.1. The monoisotopic (exact) mass is 235 g/mol. The fourth-order valence-corrected chi connectivity index (χ4v) is 2.00. The van der Waals surface area contributed by atoms with Crippen molar-refractivity contribution in [2.45, 2.75) is 18.9 Å². The number of rotatable bonds is 3. The van der Waals surface area contributed by atoms with Gasteiger partial charge in [-0.05, 0) is 24.5 Å². The molecule has 0 unspecified atom stereocenters. The van der Waals surface area contributed by atoms with Crippen LogP contribution in [-0.4, -0.2) is 23.9 Å². The topological polar surface area (TPSA) is 20.3 Å². The molecule has 2 rings (SSSR count). The normalized spacial score (nSPS) is 14.6. The fourth-order valence-electron chi connectivity index (χ4n) is 1.74. The van der Waals surface area contributed by atoms with E-state index in [0.29, 0.717) is 16.6 Å². The van der Waals surface area contributed by atoms with E-state index in [9.17, 15) is 4.79 Å². The van der Waals surface area contributed by atoms with E-state index < -0.39 is 0 Å². The molecule has 0 saturated heterocycles. The largest absolute Gasteiger partial charge is 0.339 e. The Kier molecular flexibility index (Phi) is 3.01.